The predicted octanol–water partition coefficient (Wildman–Crippen LogP) is 3.82. The molecule has 1 aromatic carbocycles. The third-order valence-electron chi connectivity index (χ3n) is 3.17. The van der Waals surface area contributed by atoms with E-state index in [9.17, 15) is 4.39 Å². The van der Waals surface area contributed by atoms with Crippen LogP contribution in [-0.2, 0) is 11.2 Å². The van der Waals surface area contributed by atoms with E-state index in [1.807, 2.05) is 7.05 Å². The number of hydrogen-bond acceptors (Lipinski definition) is 2. The van der Waals surface area contributed by atoms with Gasteiger partial charge in [-0.2, -0.15) is 0 Å². The number of hydrogen-bond donors (Lipinski definition) is 1. The van der Waals surface area contributed by atoms with Crippen molar-refractivity contribution in [1.82, 2.24) is 5.32 Å². The molecule has 0 saturated carbocycles. The summed E-state index contributed by atoms with van der Waals surface area (Å²) in [5, 5.41) is 3.68. The molecule has 108 valence electrons. The highest BCUT2D eigenvalue weighted by molar-refractivity contribution is 6.31. The van der Waals surface area contributed by atoms with Crippen molar-refractivity contribution in [3.8, 4) is 0 Å². The van der Waals surface area contributed by atoms with Crippen LogP contribution >= 0.6 is 11.6 Å². The van der Waals surface area contributed by atoms with Crippen LogP contribution in [0.5, 0.6) is 0 Å². The van der Waals surface area contributed by atoms with Crippen molar-refractivity contribution in [3.05, 3.63) is 34.6 Å². The Balaban J connectivity index is 2.43. The Morgan fingerprint density at radius 3 is 2.79 bits per heavy atom. The Morgan fingerprint density at radius 1 is 1.37 bits per heavy atom. The molecule has 1 atom stereocenters. The first kappa shape index (κ1) is 16.4. The van der Waals surface area contributed by atoms with Gasteiger partial charge in [-0.1, -0.05) is 31.0 Å². The van der Waals surface area contributed by atoms with Crippen LogP contribution in [0, 0.1) is 5.82 Å². The van der Waals surface area contributed by atoms with Crippen molar-refractivity contribution in [2.45, 2.75) is 38.6 Å². The van der Waals surface area contributed by atoms with E-state index in [1.54, 1.807) is 12.1 Å². The highest BCUT2D eigenvalue weighted by atomic mass is 35.5. The normalized spacial score (nSPS) is 12.6. The maximum absolute atomic E-state index is 13.7. The van der Waals surface area contributed by atoms with Gasteiger partial charge >= 0.3 is 0 Å². The summed E-state index contributed by atoms with van der Waals surface area (Å²) in [7, 11) is 1.88. The molecule has 0 bridgehead atoms. The zero-order valence-corrected chi connectivity index (χ0v) is 12.5. The van der Waals surface area contributed by atoms with Crippen molar-refractivity contribution >= 4 is 11.6 Å². The van der Waals surface area contributed by atoms with Gasteiger partial charge < -0.3 is 10.1 Å². The molecule has 1 rings (SSSR count). The summed E-state index contributed by atoms with van der Waals surface area (Å²) >= 11 is 6.03. The van der Waals surface area contributed by atoms with E-state index in [-0.39, 0.29) is 11.9 Å². The molecule has 0 fully saturated rings. The van der Waals surface area contributed by atoms with E-state index in [0.29, 0.717) is 23.6 Å². The highest BCUT2D eigenvalue weighted by Gasteiger charge is 2.13. The molecule has 2 nitrogen and oxygen atoms in total. The van der Waals surface area contributed by atoms with E-state index in [0.717, 1.165) is 25.9 Å². The van der Waals surface area contributed by atoms with Crippen LogP contribution in [0.3, 0.4) is 0 Å². The second-order valence-corrected chi connectivity index (χ2v) is 5.05. The van der Waals surface area contributed by atoms with Gasteiger partial charge in [-0.05, 0) is 38.4 Å². The first-order chi connectivity index (χ1) is 9.19. The molecule has 0 aliphatic heterocycles. The molecule has 0 heterocycles. The molecule has 0 radical (unpaired) electrons. The molecule has 4 heteroatoms. The first-order valence-electron chi connectivity index (χ1n) is 6.87. The Bertz CT molecular complexity index is 353. The minimum atomic E-state index is -0.236. The predicted molar refractivity (Wildman–Crippen MR) is 78.3 cm³/mol. The summed E-state index contributed by atoms with van der Waals surface area (Å²) in [5.41, 5.74) is 0.581. The number of benzene rings is 1. The summed E-state index contributed by atoms with van der Waals surface area (Å²) in [5.74, 6) is -0.236. The van der Waals surface area contributed by atoms with E-state index >= 15 is 0 Å². The molecule has 1 unspecified atom stereocenters. The summed E-state index contributed by atoms with van der Waals surface area (Å²) in [6, 6.07) is 4.98. The second kappa shape index (κ2) is 9.29. The lowest BCUT2D eigenvalue weighted by atomic mass is 10.0. The van der Waals surface area contributed by atoms with Crippen LogP contribution in [0.1, 0.15) is 31.7 Å². The van der Waals surface area contributed by atoms with E-state index in [4.69, 9.17) is 16.3 Å². The summed E-state index contributed by atoms with van der Waals surface area (Å²) in [6.45, 7) is 3.63. The first-order valence-corrected chi connectivity index (χ1v) is 7.24. The molecular formula is C15H23ClFNO. The van der Waals surface area contributed by atoms with Crippen LogP contribution in [-0.4, -0.2) is 26.3 Å². The highest BCUT2D eigenvalue weighted by Crippen LogP contribution is 2.21. The van der Waals surface area contributed by atoms with Gasteiger partial charge in [0.15, 0.2) is 0 Å². The van der Waals surface area contributed by atoms with Crippen LogP contribution in [0.4, 0.5) is 4.39 Å². The number of nitrogens with one attached hydrogen (secondary N) is 1. The third-order valence-corrected chi connectivity index (χ3v) is 3.53. The van der Waals surface area contributed by atoms with E-state index < -0.39 is 0 Å². The van der Waals surface area contributed by atoms with Crippen molar-refractivity contribution in [3.63, 3.8) is 0 Å². The van der Waals surface area contributed by atoms with Crippen molar-refractivity contribution in [2.75, 3.05) is 20.3 Å². The molecule has 19 heavy (non-hydrogen) atoms. The number of likely N-dealkylation sites (N-methyl/N-ethyl adjacent to an activating group) is 1. The average Bonchev–Trinajstić information content (AvgIpc) is 2.40. The van der Waals surface area contributed by atoms with Crippen LogP contribution in [0.25, 0.3) is 0 Å². The average molecular weight is 288 g/mol. The molecule has 1 aromatic rings. The lowest BCUT2D eigenvalue weighted by Crippen LogP contribution is -2.29. The topological polar surface area (TPSA) is 21.3 Å². The van der Waals surface area contributed by atoms with Gasteiger partial charge in [-0.15, -0.1) is 0 Å². The standard InChI is InChI=1S/C15H23ClFNO/c1-3-4-9-19-10-8-12(18-2)11-13-14(16)6-5-7-15(13)17/h5-7,12,18H,3-4,8-11H2,1-2H3. The smallest absolute Gasteiger partial charge is 0.127 e. The third kappa shape index (κ3) is 5.89. The molecule has 1 N–H and O–H groups in total. The van der Waals surface area contributed by atoms with Crippen molar-refractivity contribution in [2.24, 2.45) is 0 Å². The van der Waals surface area contributed by atoms with Gasteiger partial charge in [0, 0.05) is 29.8 Å². The van der Waals surface area contributed by atoms with Crippen molar-refractivity contribution < 1.29 is 9.13 Å². The quantitative estimate of drug-likeness (QED) is 0.697. The SMILES string of the molecule is CCCCOCCC(Cc1c(F)cccc1Cl)NC. The Hall–Kier alpha value is -0.640. The molecule has 0 saturated heterocycles. The Kier molecular flexibility index (Phi) is 8.03. The Morgan fingerprint density at radius 2 is 2.16 bits per heavy atom. The number of unbranched alkanes of at least 4 members (excludes halogenated alkanes) is 1. The second-order valence-electron chi connectivity index (χ2n) is 4.64. The van der Waals surface area contributed by atoms with Gasteiger partial charge in [0.2, 0.25) is 0 Å². The molecule has 0 spiro atoms. The Labute approximate surface area is 120 Å². The summed E-state index contributed by atoms with van der Waals surface area (Å²) in [4.78, 5) is 0. The number of halogens is 2. The summed E-state index contributed by atoms with van der Waals surface area (Å²) < 4.78 is 19.2. The minimum Gasteiger partial charge on any atom is -0.381 e. The van der Waals surface area contributed by atoms with Gasteiger partial charge in [0.1, 0.15) is 5.82 Å². The fourth-order valence-electron chi connectivity index (χ4n) is 1.90. The zero-order chi connectivity index (χ0) is 14.1. The van der Waals surface area contributed by atoms with Crippen LogP contribution in [0.2, 0.25) is 5.02 Å². The lowest BCUT2D eigenvalue weighted by Gasteiger charge is -2.17. The number of rotatable bonds is 9. The monoisotopic (exact) mass is 287 g/mol. The molecule has 0 amide bonds. The van der Waals surface area contributed by atoms with Gasteiger partial charge in [0.25, 0.3) is 0 Å². The van der Waals surface area contributed by atoms with Crippen molar-refractivity contribution in [1.29, 1.82) is 0 Å². The fraction of sp³-hybridized carbons (Fsp3) is 0.600. The largest absolute Gasteiger partial charge is 0.381 e. The van der Waals surface area contributed by atoms with Crippen LogP contribution in [0.15, 0.2) is 18.2 Å². The summed E-state index contributed by atoms with van der Waals surface area (Å²) in [6.07, 6.45) is 3.66. The van der Waals surface area contributed by atoms with E-state index in [2.05, 4.69) is 12.2 Å². The molecule has 0 aliphatic rings. The van der Waals surface area contributed by atoms with Gasteiger partial charge in [-0.25, -0.2) is 4.39 Å². The van der Waals surface area contributed by atoms with Crippen LogP contribution < -0.4 is 5.32 Å². The maximum Gasteiger partial charge on any atom is 0.127 e. The maximum atomic E-state index is 13.7. The zero-order valence-electron chi connectivity index (χ0n) is 11.7. The molecular weight excluding hydrogens is 265 g/mol. The molecule has 0 aromatic heterocycles. The fourth-order valence-corrected chi connectivity index (χ4v) is 2.14. The van der Waals surface area contributed by atoms with Gasteiger partial charge in [-0.3, -0.25) is 0 Å². The van der Waals surface area contributed by atoms with E-state index in [1.165, 1.54) is 6.07 Å². The number of ether oxygens (including phenoxy) is 1. The van der Waals surface area contributed by atoms with Gasteiger partial charge in [0.05, 0.1) is 0 Å². The minimum absolute atomic E-state index is 0.177. The molecule has 0 aliphatic carbocycles. The lowest BCUT2D eigenvalue weighted by molar-refractivity contribution is 0.122.